The van der Waals surface area contributed by atoms with Gasteiger partial charge in [-0.2, -0.15) is 0 Å². The summed E-state index contributed by atoms with van der Waals surface area (Å²) >= 11 is 0. The first-order valence-corrected chi connectivity index (χ1v) is 9.73. The predicted molar refractivity (Wildman–Crippen MR) is 122 cm³/mol. The van der Waals surface area contributed by atoms with E-state index in [-0.39, 0.29) is 18.4 Å². The first-order chi connectivity index (χ1) is 15.0. The summed E-state index contributed by atoms with van der Waals surface area (Å²) in [5, 5.41) is 8.44. The molecular formula is C24H25N3O4. The van der Waals surface area contributed by atoms with E-state index in [0.717, 1.165) is 11.1 Å². The molecule has 3 N–H and O–H groups in total. The van der Waals surface area contributed by atoms with E-state index < -0.39 is 0 Å². The Morgan fingerprint density at radius 2 is 1.55 bits per heavy atom. The molecule has 0 aliphatic rings. The van der Waals surface area contributed by atoms with Crippen LogP contribution in [0.25, 0.3) is 0 Å². The van der Waals surface area contributed by atoms with Gasteiger partial charge in [-0.05, 0) is 42.8 Å². The molecule has 0 heterocycles. The first-order valence-electron chi connectivity index (χ1n) is 9.73. The summed E-state index contributed by atoms with van der Waals surface area (Å²) in [5.74, 6) is 1.04. The van der Waals surface area contributed by atoms with Gasteiger partial charge in [-0.3, -0.25) is 4.79 Å². The van der Waals surface area contributed by atoms with Crippen LogP contribution in [0.1, 0.15) is 11.1 Å². The number of methoxy groups -OCH3 is 2. The lowest BCUT2D eigenvalue weighted by Crippen LogP contribution is -2.20. The average Bonchev–Trinajstić information content (AvgIpc) is 2.77. The van der Waals surface area contributed by atoms with E-state index >= 15 is 0 Å². The van der Waals surface area contributed by atoms with Crippen molar-refractivity contribution in [1.29, 1.82) is 0 Å². The Morgan fingerprint density at radius 1 is 0.806 bits per heavy atom. The second-order valence-corrected chi connectivity index (χ2v) is 6.88. The number of carbonyl (C=O) groups is 2. The lowest BCUT2D eigenvalue weighted by molar-refractivity contribution is -0.115. The standard InChI is InChI=1S/C24H25N3O4/c1-16-9-11-19(26-24(29)25-18-7-5-4-6-8-18)14-21(16)27-23(28)13-17-10-12-20(30-2)15-22(17)31-3/h4-12,14-15H,13H2,1-3H3,(H,27,28)(H2,25,26,29). The predicted octanol–water partition coefficient (Wildman–Crippen LogP) is 4.84. The number of urea groups is 1. The van der Waals surface area contributed by atoms with Crippen molar-refractivity contribution in [2.45, 2.75) is 13.3 Å². The van der Waals surface area contributed by atoms with Crippen molar-refractivity contribution in [3.8, 4) is 11.5 Å². The summed E-state index contributed by atoms with van der Waals surface area (Å²) in [6.07, 6.45) is 0.138. The zero-order chi connectivity index (χ0) is 22.2. The summed E-state index contributed by atoms with van der Waals surface area (Å²) in [7, 11) is 3.13. The second kappa shape index (κ2) is 10.2. The molecule has 7 nitrogen and oxygen atoms in total. The minimum Gasteiger partial charge on any atom is -0.497 e. The lowest BCUT2D eigenvalue weighted by atomic mass is 10.1. The fourth-order valence-electron chi connectivity index (χ4n) is 3.01. The van der Waals surface area contributed by atoms with Crippen molar-refractivity contribution in [2.24, 2.45) is 0 Å². The molecule has 7 heteroatoms. The Labute approximate surface area is 181 Å². The van der Waals surface area contributed by atoms with Gasteiger partial charge >= 0.3 is 6.03 Å². The van der Waals surface area contributed by atoms with Crippen LogP contribution < -0.4 is 25.4 Å². The highest BCUT2D eigenvalue weighted by atomic mass is 16.5. The van der Waals surface area contributed by atoms with Gasteiger partial charge in [0, 0.05) is 28.7 Å². The molecule has 31 heavy (non-hydrogen) atoms. The molecule has 160 valence electrons. The SMILES string of the molecule is COc1ccc(CC(=O)Nc2cc(NC(=O)Nc3ccccc3)ccc2C)c(OC)c1. The summed E-state index contributed by atoms with van der Waals surface area (Å²) in [6.45, 7) is 1.89. The second-order valence-electron chi connectivity index (χ2n) is 6.88. The van der Waals surface area contributed by atoms with Gasteiger partial charge in [0.05, 0.1) is 20.6 Å². The minimum atomic E-state index is -0.365. The molecule has 0 atom stereocenters. The van der Waals surface area contributed by atoms with E-state index in [2.05, 4.69) is 16.0 Å². The molecular weight excluding hydrogens is 394 g/mol. The van der Waals surface area contributed by atoms with Crippen molar-refractivity contribution in [3.63, 3.8) is 0 Å². The Hall–Kier alpha value is -4.00. The highest BCUT2D eigenvalue weighted by molar-refractivity contribution is 6.00. The number of para-hydroxylation sites is 1. The van der Waals surface area contributed by atoms with Crippen LogP contribution in [0.2, 0.25) is 0 Å². The monoisotopic (exact) mass is 419 g/mol. The van der Waals surface area contributed by atoms with Crippen LogP contribution in [-0.2, 0) is 11.2 Å². The van der Waals surface area contributed by atoms with E-state index in [9.17, 15) is 9.59 Å². The minimum absolute atomic E-state index is 0.138. The number of nitrogens with one attached hydrogen (secondary N) is 3. The van der Waals surface area contributed by atoms with Gasteiger partial charge in [-0.1, -0.05) is 30.3 Å². The van der Waals surface area contributed by atoms with Crippen LogP contribution in [0, 0.1) is 6.92 Å². The average molecular weight is 419 g/mol. The zero-order valence-corrected chi connectivity index (χ0v) is 17.7. The maximum absolute atomic E-state index is 12.6. The molecule has 0 spiro atoms. The Bertz CT molecular complexity index is 1070. The summed E-state index contributed by atoms with van der Waals surface area (Å²) in [4.78, 5) is 24.9. The number of amides is 3. The third-order valence-electron chi connectivity index (χ3n) is 4.65. The van der Waals surface area contributed by atoms with Crippen molar-refractivity contribution in [2.75, 3.05) is 30.2 Å². The molecule has 0 saturated carbocycles. The Kier molecular flexibility index (Phi) is 7.11. The van der Waals surface area contributed by atoms with E-state index in [1.165, 1.54) is 0 Å². The quantitative estimate of drug-likeness (QED) is 0.511. The highest BCUT2D eigenvalue weighted by Gasteiger charge is 2.12. The molecule has 0 unspecified atom stereocenters. The van der Waals surface area contributed by atoms with E-state index in [4.69, 9.17) is 9.47 Å². The third kappa shape index (κ3) is 5.99. The third-order valence-corrected chi connectivity index (χ3v) is 4.65. The van der Waals surface area contributed by atoms with Gasteiger partial charge in [-0.15, -0.1) is 0 Å². The van der Waals surface area contributed by atoms with Crippen LogP contribution in [-0.4, -0.2) is 26.2 Å². The molecule has 3 aromatic rings. The Morgan fingerprint density at radius 3 is 2.26 bits per heavy atom. The number of rotatable bonds is 7. The fourth-order valence-corrected chi connectivity index (χ4v) is 3.01. The number of carbonyl (C=O) groups excluding carboxylic acids is 2. The summed E-state index contributed by atoms with van der Waals surface area (Å²) < 4.78 is 10.6. The molecule has 0 aromatic heterocycles. The largest absolute Gasteiger partial charge is 0.497 e. The molecule has 0 aliphatic carbocycles. The lowest BCUT2D eigenvalue weighted by Gasteiger charge is -2.13. The highest BCUT2D eigenvalue weighted by Crippen LogP contribution is 2.26. The topological polar surface area (TPSA) is 88.7 Å². The number of benzene rings is 3. The summed E-state index contributed by atoms with van der Waals surface area (Å²) in [5.41, 5.74) is 3.50. The number of hydrogen-bond acceptors (Lipinski definition) is 4. The van der Waals surface area contributed by atoms with Crippen LogP contribution in [0.15, 0.2) is 66.7 Å². The van der Waals surface area contributed by atoms with Crippen molar-refractivity contribution >= 4 is 29.0 Å². The van der Waals surface area contributed by atoms with Gasteiger partial charge in [0.25, 0.3) is 0 Å². The number of hydrogen-bond donors (Lipinski definition) is 3. The first kappa shape index (κ1) is 21.7. The smallest absolute Gasteiger partial charge is 0.323 e. The van der Waals surface area contributed by atoms with E-state index in [1.54, 1.807) is 56.7 Å². The maximum Gasteiger partial charge on any atom is 0.323 e. The fraction of sp³-hybridized carbons (Fsp3) is 0.167. The van der Waals surface area contributed by atoms with Gasteiger partial charge in [0.1, 0.15) is 11.5 Å². The number of anilines is 3. The molecule has 0 aliphatic heterocycles. The molecule has 0 fully saturated rings. The van der Waals surface area contributed by atoms with Gasteiger partial charge in [0.15, 0.2) is 0 Å². The Balaban J connectivity index is 1.66. The van der Waals surface area contributed by atoms with Crippen LogP contribution >= 0.6 is 0 Å². The van der Waals surface area contributed by atoms with Crippen molar-refractivity contribution < 1.29 is 19.1 Å². The molecule has 3 rings (SSSR count). The molecule has 0 saturated heterocycles. The maximum atomic E-state index is 12.6. The van der Waals surface area contributed by atoms with E-state index in [1.807, 2.05) is 31.2 Å². The van der Waals surface area contributed by atoms with Crippen molar-refractivity contribution in [1.82, 2.24) is 0 Å². The molecule has 0 radical (unpaired) electrons. The van der Waals surface area contributed by atoms with Crippen LogP contribution in [0.5, 0.6) is 11.5 Å². The molecule has 3 amide bonds. The van der Waals surface area contributed by atoms with Gasteiger partial charge < -0.3 is 25.4 Å². The van der Waals surface area contributed by atoms with Crippen molar-refractivity contribution in [3.05, 3.63) is 77.9 Å². The van der Waals surface area contributed by atoms with Crippen LogP contribution in [0.3, 0.4) is 0 Å². The zero-order valence-electron chi connectivity index (χ0n) is 17.7. The van der Waals surface area contributed by atoms with E-state index in [0.29, 0.717) is 28.6 Å². The molecule has 3 aromatic carbocycles. The van der Waals surface area contributed by atoms with Gasteiger partial charge in [0.2, 0.25) is 5.91 Å². The normalized spacial score (nSPS) is 10.2. The summed E-state index contributed by atoms with van der Waals surface area (Å²) in [6, 6.07) is 19.5. The van der Waals surface area contributed by atoms with Gasteiger partial charge in [-0.25, -0.2) is 4.79 Å². The number of aryl methyl sites for hydroxylation is 1. The number of ether oxygens (including phenoxy) is 2. The molecule has 0 bridgehead atoms. The van der Waals surface area contributed by atoms with Crippen LogP contribution in [0.4, 0.5) is 21.9 Å².